The monoisotopic (exact) mass is 443 g/mol. The fourth-order valence-corrected chi connectivity index (χ4v) is 5.56. The van der Waals surface area contributed by atoms with Crippen LogP contribution in [0.25, 0.3) is 0 Å². The van der Waals surface area contributed by atoms with Gasteiger partial charge in [-0.2, -0.15) is 4.31 Å². The van der Waals surface area contributed by atoms with E-state index in [1.165, 1.54) is 21.5 Å². The molecule has 0 radical (unpaired) electrons. The molecule has 1 N–H and O–H groups in total. The Morgan fingerprint density at radius 2 is 1.81 bits per heavy atom. The highest BCUT2D eigenvalue weighted by Gasteiger charge is 2.24. The molecule has 3 rings (SSSR count). The van der Waals surface area contributed by atoms with Gasteiger partial charge in [0.2, 0.25) is 10.0 Å². The number of fused-ring (bicyclic) bond motifs is 1. The van der Waals surface area contributed by atoms with Crippen molar-refractivity contribution in [1.82, 2.24) is 14.5 Å². The van der Waals surface area contributed by atoms with Crippen LogP contribution >= 0.6 is 0 Å². The molecule has 0 aliphatic carbocycles. The van der Waals surface area contributed by atoms with Gasteiger partial charge in [0.05, 0.1) is 4.90 Å². The van der Waals surface area contributed by atoms with Gasteiger partial charge in [-0.05, 0) is 49.1 Å². The van der Waals surface area contributed by atoms with Crippen LogP contribution in [0.2, 0.25) is 0 Å². The molecule has 1 unspecified atom stereocenters. The van der Waals surface area contributed by atoms with Gasteiger partial charge < -0.3 is 5.32 Å². The number of sulfonamides is 1. The molecule has 0 saturated heterocycles. The van der Waals surface area contributed by atoms with Crippen molar-refractivity contribution in [2.45, 2.75) is 51.6 Å². The number of nitrogens with one attached hydrogen (secondary N) is 1. The summed E-state index contributed by atoms with van der Waals surface area (Å²) in [5.41, 5.74) is 3.91. The average Bonchev–Trinajstić information content (AvgIpc) is 2.77. The Kier molecular flexibility index (Phi) is 7.51. The second kappa shape index (κ2) is 9.94. The van der Waals surface area contributed by atoms with Crippen LogP contribution in [-0.2, 0) is 23.0 Å². The van der Waals surface area contributed by atoms with E-state index < -0.39 is 10.0 Å². The molecule has 168 valence electrons. The lowest BCUT2D eigenvalue weighted by Crippen LogP contribution is -2.44. The molecule has 2 aromatic carbocycles. The Morgan fingerprint density at radius 1 is 1.13 bits per heavy atom. The van der Waals surface area contributed by atoms with E-state index >= 15 is 0 Å². The molecule has 0 saturated carbocycles. The van der Waals surface area contributed by atoms with E-state index in [-0.39, 0.29) is 16.8 Å². The largest absolute Gasteiger partial charge is 0.350 e. The maximum Gasteiger partial charge on any atom is 0.251 e. The summed E-state index contributed by atoms with van der Waals surface area (Å²) in [6.45, 7) is 10.7. The molecular formula is C24H33N3O3S. The van der Waals surface area contributed by atoms with Crippen LogP contribution in [0.3, 0.4) is 0 Å². The van der Waals surface area contributed by atoms with Crippen molar-refractivity contribution in [2.75, 3.05) is 26.2 Å². The van der Waals surface area contributed by atoms with E-state index in [9.17, 15) is 13.2 Å². The zero-order valence-electron chi connectivity index (χ0n) is 18.9. The van der Waals surface area contributed by atoms with Crippen molar-refractivity contribution in [3.63, 3.8) is 0 Å². The standard InChI is InChI=1S/C24H33N3O3S/c1-5-27(6-2)31(29,30)22-12-11-18(3)23(15-22)24(28)25-16-19(4)26-14-13-20-9-7-8-10-21(20)17-26/h7-12,15,19H,5-6,13-14,16-17H2,1-4H3,(H,25,28). The molecule has 0 fully saturated rings. The minimum atomic E-state index is -3.61. The summed E-state index contributed by atoms with van der Waals surface area (Å²) in [6, 6.07) is 13.5. The maximum atomic E-state index is 12.9. The molecule has 2 aromatic rings. The molecular weight excluding hydrogens is 410 g/mol. The second-order valence-corrected chi connectivity index (χ2v) is 10.1. The Morgan fingerprint density at radius 3 is 2.48 bits per heavy atom. The number of hydrogen-bond acceptors (Lipinski definition) is 4. The van der Waals surface area contributed by atoms with Crippen molar-refractivity contribution >= 4 is 15.9 Å². The van der Waals surface area contributed by atoms with Crippen molar-refractivity contribution < 1.29 is 13.2 Å². The predicted molar refractivity (Wildman–Crippen MR) is 124 cm³/mol. The van der Waals surface area contributed by atoms with Crippen LogP contribution in [0, 0.1) is 6.92 Å². The van der Waals surface area contributed by atoms with E-state index in [2.05, 4.69) is 41.4 Å². The molecule has 0 spiro atoms. The fraction of sp³-hybridized carbons (Fsp3) is 0.458. The van der Waals surface area contributed by atoms with Crippen molar-refractivity contribution in [1.29, 1.82) is 0 Å². The number of carbonyl (C=O) groups excluding carboxylic acids is 1. The summed E-state index contributed by atoms with van der Waals surface area (Å²) in [5, 5.41) is 3.01. The molecule has 1 aliphatic rings. The first-order valence-corrected chi connectivity index (χ1v) is 12.4. The van der Waals surface area contributed by atoms with Gasteiger partial charge in [0.25, 0.3) is 5.91 Å². The lowest BCUT2D eigenvalue weighted by Gasteiger charge is -2.33. The van der Waals surface area contributed by atoms with Crippen LogP contribution < -0.4 is 5.32 Å². The molecule has 1 heterocycles. The lowest BCUT2D eigenvalue weighted by molar-refractivity contribution is 0.0931. The molecule has 0 bridgehead atoms. The van der Waals surface area contributed by atoms with Crippen LogP contribution in [0.15, 0.2) is 47.4 Å². The van der Waals surface area contributed by atoms with Crippen molar-refractivity contribution in [3.8, 4) is 0 Å². The van der Waals surface area contributed by atoms with Gasteiger partial charge in [-0.1, -0.05) is 44.2 Å². The Labute approximate surface area is 186 Å². The van der Waals surface area contributed by atoms with Gasteiger partial charge in [0.15, 0.2) is 0 Å². The Hall–Kier alpha value is -2.22. The Balaban J connectivity index is 1.68. The summed E-state index contributed by atoms with van der Waals surface area (Å²) < 4.78 is 27.1. The maximum absolute atomic E-state index is 12.9. The highest BCUT2D eigenvalue weighted by atomic mass is 32.2. The lowest BCUT2D eigenvalue weighted by atomic mass is 9.99. The van der Waals surface area contributed by atoms with Crippen molar-refractivity contribution in [2.24, 2.45) is 0 Å². The van der Waals surface area contributed by atoms with Crippen LogP contribution in [0.5, 0.6) is 0 Å². The smallest absolute Gasteiger partial charge is 0.251 e. The number of amides is 1. The van der Waals surface area contributed by atoms with Gasteiger partial charge in [0.1, 0.15) is 0 Å². The minimum Gasteiger partial charge on any atom is -0.350 e. The number of carbonyl (C=O) groups is 1. The molecule has 1 aliphatic heterocycles. The quantitative estimate of drug-likeness (QED) is 0.680. The van der Waals surface area contributed by atoms with Crippen molar-refractivity contribution in [3.05, 3.63) is 64.7 Å². The Bertz CT molecular complexity index is 1030. The molecule has 1 atom stereocenters. The summed E-state index contributed by atoms with van der Waals surface area (Å²) >= 11 is 0. The van der Waals surface area contributed by atoms with Gasteiger partial charge in [-0.3, -0.25) is 9.69 Å². The minimum absolute atomic E-state index is 0.160. The van der Waals surface area contributed by atoms with Crippen LogP contribution in [0.4, 0.5) is 0 Å². The van der Waals surface area contributed by atoms with E-state index in [0.717, 1.165) is 25.1 Å². The van der Waals surface area contributed by atoms with Gasteiger partial charge in [0, 0.05) is 44.3 Å². The number of rotatable bonds is 8. The summed E-state index contributed by atoms with van der Waals surface area (Å²) in [5.74, 6) is -0.238. The topological polar surface area (TPSA) is 69.7 Å². The normalized spacial score (nSPS) is 15.5. The van der Waals surface area contributed by atoms with E-state index in [1.54, 1.807) is 12.1 Å². The summed E-state index contributed by atoms with van der Waals surface area (Å²) in [6.07, 6.45) is 1.01. The van der Waals surface area contributed by atoms with E-state index in [0.29, 0.717) is 25.2 Å². The highest BCUT2D eigenvalue weighted by molar-refractivity contribution is 7.89. The molecule has 0 aromatic heterocycles. The first kappa shape index (κ1) is 23.4. The predicted octanol–water partition coefficient (Wildman–Crippen LogP) is 3.20. The number of benzene rings is 2. The second-order valence-electron chi connectivity index (χ2n) is 8.11. The molecule has 6 nitrogen and oxygen atoms in total. The zero-order valence-corrected chi connectivity index (χ0v) is 19.7. The number of nitrogens with zero attached hydrogens (tertiary/aromatic N) is 2. The number of hydrogen-bond donors (Lipinski definition) is 1. The number of aryl methyl sites for hydroxylation is 1. The molecule has 31 heavy (non-hydrogen) atoms. The summed E-state index contributed by atoms with van der Waals surface area (Å²) in [7, 11) is -3.61. The fourth-order valence-electron chi connectivity index (χ4n) is 4.08. The first-order chi connectivity index (χ1) is 14.8. The summed E-state index contributed by atoms with van der Waals surface area (Å²) in [4.78, 5) is 15.4. The third-order valence-electron chi connectivity index (χ3n) is 6.14. The van der Waals surface area contributed by atoms with Crippen LogP contribution in [-0.4, -0.2) is 55.8 Å². The van der Waals surface area contributed by atoms with Gasteiger partial charge >= 0.3 is 0 Å². The first-order valence-electron chi connectivity index (χ1n) is 11.0. The highest BCUT2D eigenvalue weighted by Crippen LogP contribution is 2.21. The van der Waals surface area contributed by atoms with Gasteiger partial charge in [-0.15, -0.1) is 0 Å². The van der Waals surface area contributed by atoms with Crippen LogP contribution in [0.1, 0.15) is 47.8 Å². The SMILES string of the molecule is CCN(CC)S(=O)(=O)c1ccc(C)c(C(=O)NCC(C)N2CCc3ccccc3C2)c1. The third kappa shape index (κ3) is 5.17. The molecule has 7 heteroatoms. The average molecular weight is 444 g/mol. The van der Waals surface area contributed by atoms with E-state index in [4.69, 9.17) is 0 Å². The zero-order chi connectivity index (χ0) is 22.6. The third-order valence-corrected chi connectivity index (χ3v) is 8.18. The molecule has 1 amide bonds. The van der Waals surface area contributed by atoms with E-state index in [1.807, 2.05) is 20.8 Å². The van der Waals surface area contributed by atoms with Gasteiger partial charge in [-0.25, -0.2) is 8.42 Å².